The van der Waals surface area contributed by atoms with E-state index in [1.54, 1.807) is 0 Å². The third-order valence-corrected chi connectivity index (χ3v) is 5.58. The van der Waals surface area contributed by atoms with Crippen molar-refractivity contribution in [3.63, 3.8) is 0 Å². The summed E-state index contributed by atoms with van der Waals surface area (Å²) < 4.78 is 0. The highest BCUT2D eigenvalue weighted by atomic mass is 35.5. The van der Waals surface area contributed by atoms with Crippen LogP contribution < -0.4 is 5.73 Å². The summed E-state index contributed by atoms with van der Waals surface area (Å²) in [4.78, 5) is 2.49. The van der Waals surface area contributed by atoms with Crippen LogP contribution in [-0.2, 0) is 0 Å². The molecule has 1 saturated carbocycles. The molecule has 1 aliphatic carbocycles. The second-order valence-electron chi connectivity index (χ2n) is 6.28. The standard InChI is InChI=1S/C17H27ClN2/c1-4-14-9-10-17(11-14,12-19)20(3)13(2)15-5-7-16(18)8-6-15/h5-8,13-14H,4,9-12,19H2,1-3H3. The van der Waals surface area contributed by atoms with E-state index in [2.05, 4.69) is 37.9 Å². The lowest BCUT2D eigenvalue weighted by Crippen LogP contribution is -2.51. The molecule has 0 aromatic heterocycles. The monoisotopic (exact) mass is 294 g/mol. The summed E-state index contributed by atoms with van der Waals surface area (Å²) in [7, 11) is 2.23. The van der Waals surface area contributed by atoms with Gasteiger partial charge in [-0.1, -0.05) is 37.1 Å². The number of nitrogens with zero attached hydrogens (tertiary/aromatic N) is 1. The average molecular weight is 295 g/mol. The van der Waals surface area contributed by atoms with Crippen LogP contribution >= 0.6 is 11.6 Å². The minimum absolute atomic E-state index is 0.166. The summed E-state index contributed by atoms with van der Waals surface area (Å²) >= 11 is 5.98. The fourth-order valence-corrected chi connectivity index (χ4v) is 3.71. The number of rotatable bonds is 5. The van der Waals surface area contributed by atoms with Gasteiger partial charge in [-0.3, -0.25) is 4.90 Å². The maximum Gasteiger partial charge on any atom is 0.0406 e. The molecule has 3 heteroatoms. The van der Waals surface area contributed by atoms with E-state index in [1.165, 1.54) is 31.2 Å². The van der Waals surface area contributed by atoms with Gasteiger partial charge in [-0.15, -0.1) is 0 Å². The Kier molecular flexibility index (Phi) is 5.11. The summed E-state index contributed by atoms with van der Waals surface area (Å²) in [6, 6.07) is 8.56. The molecule has 1 aromatic carbocycles. The van der Waals surface area contributed by atoms with Gasteiger partial charge in [0.25, 0.3) is 0 Å². The normalized spacial score (nSPS) is 28.0. The van der Waals surface area contributed by atoms with Gasteiger partial charge in [0.05, 0.1) is 0 Å². The van der Waals surface area contributed by atoms with Gasteiger partial charge in [0.2, 0.25) is 0 Å². The Hall–Kier alpha value is -0.570. The van der Waals surface area contributed by atoms with Crippen molar-refractivity contribution in [3.8, 4) is 0 Å². The van der Waals surface area contributed by atoms with Crippen LogP contribution in [0.3, 0.4) is 0 Å². The molecule has 0 aliphatic heterocycles. The lowest BCUT2D eigenvalue weighted by Gasteiger charge is -2.42. The van der Waals surface area contributed by atoms with Crippen molar-refractivity contribution < 1.29 is 0 Å². The van der Waals surface area contributed by atoms with E-state index in [0.717, 1.165) is 17.5 Å². The van der Waals surface area contributed by atoms with Crippen molar-refractivity contribution in [3.05, 3.63) is 34.9 Å². The van der Waals surface area contributed by atoms with E-state index in [1.807, 2.05) is 12.1 Å². The fraction of sp³-hybridized carbons (Fsp3) is 0.647. The van der Waals surface area contributed by atoms with Crippen LogP contribution in [0.1, 0.15) is 51.1 Å². The molecule has 1 aromatic rings. The van der Waals surface area contributed by atoms with Crippen LogP contribution in [0.25, 0.3) is 0 Å². The third kappa shape index (κ3) is 3.03. The van der Waals surface area contributed by atoms with Crippen molar-refractivity contribution >= 4 is 11.6 Å². The molecule has 0 bridgehead atoms. The van der Waals surface area contributed by atoms with Gasteiger partial charge in [0, 0.05) is 23.1 Å². The molecular formula is C17H27ClN2. The van der Waals surface area contributed by atoms with Crippen LogP contribution in [0.5, 0.6) is 0 Å². The Morgan fingerprint density at radius 1 is 1.40 bits per heavy atom. The van der Waals surface area contributed by atoms with E-state index >= 15 is 0 Å². The second-order valence-corrected chi connectivity index (χ2v) is 6.72. The highest BCUT2D eigenvalue weighted by molar-refractivity contribution is 6.30. The van der Waals surface area contributed by atoms with Gasteiger partial charge in [-0.05, 0) is 56.8 Å². The molecule has 0 saturated heterocycles. The summed E-state index contributed by atoms with van der Waals surface area (Å²) in [5, 5.41) is 0.795. The predicted octanol–water partition coefficient (Wildman–Crippen LogP) is 4.24. The summed E-state index contributed by atoms with van der Waals surface area (Å²) in [6.45, 7) is 5.30. The van der Waals surface area contributed by atoms with Crippen molar-refractivity contribution in [1.82, 2.24) is 4.90 Å². The van der Waals surface area contributed by atoms with Crippen molar-refractivity contribution in [2.75, 3.05) is 13.6 Å². The number of halogens is 1. The van der Waals surface area contributed by atoms with Gasteiger partial charge in [-0.25, -0.2) is 0 Å². The lowest BCUT2D eigenvalue weighted by molar-refractivity contribution is 0.0854. The zero-order valence-corrected chi connectivity index (χ0v) is 13.7. The molecule has 2 nitrogen and oxygen atoms in total. The van der Waals surface area contributed by atoms with E-state index in [4.69, 9.17) is 17.3 Å². The molecule has 2 rings (SSSR count). The molecule has 0 amide bonds. The molecule has 1 aliphatic rings. The highest BCUT2D eigenvalue weighted by Gasteiger charge is 2.42. The number of nitrogens with two attached hydrogens (primary N) is 1. The molecule has 2 N–H and O–H groups in total. The Morgan fingerprint density at radius 2 is 2.05 bits per heavy atom. The van der Waals surface area contributed by atoms with Crippen molar-refractivity contribution in [1.29, 1.82) is 0 Å². The molecule has 3 atom stereocenters. The Labute approximate surface area is 128 Å². The van der Waals surface area contributed by atoms with E-state index in [9.17, 15) is 0 Å². The van der Waals surface area contributed by atoms with Crippen LogP contribution in [-0.4, -0.2) is 24.0 Å². The number of likely N-dealkylation sites (N-methyl/N-ethyl adjacent to an activating group) is 1. The number of benzene rings is 1. The summed E-state index contributed by atoms with van der Waals surface area (Å²) in [5.74, 6) is 0.832. The second kappa shape index (κ2) is 6.46. The van der Waals surface area contributed by atoms with Crippen molar-refractivity contribution in [2.45, 2.75) is 51.1 Å². The Balaban J connectivity index is 2.16. The number of hydrogen-bond acceptors (Lipinski definition) is 2. The molecule has 0 radical (unpaired) electrons. The van der Waals surface area contributed by atoms with Crippen LogP contribution in [0.2, 0.25) is 5.02 Å². The predicted molar refractivity (Wildman–Crippen MR) is 87.0 cm³/mol. The highest BCUT2D eigenvalue weighted by Crippen LogP contribution is 2.42. The molecular weight excluding hydrogens is 268 g/mol. The SMILES string of the molecule is CCC1CCC(CN)(N(C)C(C)c2ccc(Cl)cc2)C1. The topological polar surface area (TPSA) is 29.3 Å². The lowest BCUT2D eigenvalue weighted by atomic mass is 9.90. The molecule has 112 valence electrons. The Bertz CT molecular complexity index is 431. The van der Waals surface area contributed by atoms with E-state index < -0.39 is 0 Å². The molecule has 0 heterocycles. The molecule has 0 spiro atoms. The largest absolute Gasteiger partial charge is 0.329 e. The Morgan fingerprint density at radius 3 is 2.55 bits per heavy atom. The minimum atomic E-state index is 0.166. The molecule has 1 fully saturated rings. The first-order valence-electron chi connectivity index (χ1n) is 7.71. The fourth-order valence-electron chi connectivity index (χ4n) is 3.59. The zero-order chi connectivity index (χ0) is 14.8. The first-order valence-corrected chi connectivity index (χ1v) is 8.08. The maximum atomic E-state index is 6.16. The smallest absolute Gasteiger partial charge is 0.0406 e. The van der Waals surface area contributed by atoms with Gasteiger partial charge >= 0.3 is 0 Å². The van der Waals surface area contributed by atoms with E-state index in [-0.39, 0.29) is 5.54 Å². The van der Waals surface area contributed by atoms with Crippen LogP contribution in [0, 0.1) is 5.92 Å². The molecule has 20 heavy (non-hydrogen) atoms. The third-order valence-electron chi connectivity index (χ3n) is 5.33. The van der Waals surface area contributed by atoms with Crippen LogP contribution in [0.15, 0.2) is 24.3 Å². The van der Waals surface area contributed by atoms with Crippen molar-refractivity contribution in [2.24, 2.45) is 11.7 Å². The maximum absolute atomic E-state index is 6.16. The zero-order valence-electron chi connectivity index (χ0n) is 12.9. The average Bonchev–Trinajstić information content (AvgIpc) is 2.91. The molecule has 3 unspecified atom stereocenters. The van der Waals surface area contributed by atoms with E-state index in [0.29, 0.717) is 6.04 Å². The summed E-state index contributed by atoms with van der Waals surface area (Å²) in [5.41, 5.74) is 7.64. The van der Waals surface area contributed by atoms with Gasteiger partial charge < -0.3 is 5.73 Å². The number of hydrogen-bond donors (Lipinski definition) is 1. The van der Waals surface area contributed by atoms with Gasteiger partial charge in [0.1, 0.15) is 0 Å². The first-order chi connectivity index (χ1) is 9.52. The quantitative estimate of drug-likeness (QED) is 0.880. The first kappa shape index (κ1) is 15.8. The van der Waals surface area contributed by atoms with Crippen LogP contribution in [0.4, 0.5) is 0 Å². The summed E-state index contributed by atoms with van der Waals surface area (Å²) in [6.07, 6.45) is 5.03. The van der Waals surface area contributed by atoms with Gasteiger partial charge in [-0.2, -0.15) is 0 Å². The minimum Gasteiger partial charge on any atom is -0.329 e. The van der Waals surface area contributed by atoms with Gasteiger partial charge in [0.15, 0.2) is 0 Å².